The molecule has 0 aliphatic heterocycles. The molecular weight excluding hydrogens is 252 g/mol. The van der Waals surface area contributed by atoms with Gasteiger partial charge in [0, 0.05) is 11.6 Å². The fourth-order valence-electron chi connectivity index (χ4n) is 1.64. The zero-order valence-electron chi connectivity index (χ0n) is 9.94. The molecule has 0 radical (unpaired) electrons. The molecule has 1 aromatic heterocycles. The molecule has 0 saturated heterocycles. The number of ether oxygens (including phenoxy) is 2. The number of hydrogen-bond donors (Lipinski definition) is 2. The van der Waals surface area contributed by atoms with E-state index in [0.29, 0.717) is 22.8 Å². The lowest BCUT2D eigenvalue weighted by Crippen LogP contribution is -2.06. The summed E-state index contributed by atoms with van der Waals surface area (Å²) >= 11 is 4.94. The lowest BCUT2D eigenvalue weighted by molar-refractivity contribution is 0.404. The van der Waals surface area contributed by atoms with Crippen LogP contribution >= 0.6 is 12.2 Å². The number of rotatable bonds is 3. The standard InChI is InChI=1S/C12H12N2O3S/c1-16-7-3-4-10(17-2)8(5-7)9-6-11(15)14-12(18)13-9/h3-6H,1-2H3,(H2,13,14,15,18). The molecule has 0 spiro atoms. The van der Waals surface area contributed by atoms with Crippen molar-refractivity contribution in [3.8, 4) is 22.8 Å². The second-order valence-electron chi connectivity index (χ2n) is 3.57. The maximum Gasteiger partial charge on any atom is 0.252 e. The summed E-state index contributed by atoms with van der Waals surface area (Å²) in [7, 11) is 3.14. The van der Waals surface area contributed by atoms with Gasteiger partial charge in [0.25, 0.3) is 5.56 Å². The smallest absolute Gasteiger partial charge is 0.252 e. The normalized spacial score (nSPS) is 10.1. The maximum atomic E-state index is 11.4. The number of nitrogens with one attached hydrogen (secondary N) is 2. The lowest BCUT2D eigenvalue weighted by Gasteiger charge is -2.10. The number of benzene rings is 1. The Bertz CT molecular complexity index is 647. The summed E-state index contributed by atoms with van der Waals surface area (Å²) in [6.45, 7) is 0. The summed E-state index contributed by atoms with van der Waals surface area (Å²) in [5.41, 5.74) is 1.03. The molecule has 0 bridgehead atoms. The predicted molar refractivity (Wildman–Crippen MR) is 70.8 cm³/mol. The van der Waals surface area contributed by atoms with Crippen LogP contribution in [-0.4, -0.2) is 24.2 Å². The average molecular weight is 264 g/mol. The van der Waals surface area contributed by atoms with E-state index in [2.05, 4.69) is 9.97 Å². The summed E-state index contributed by atoms with van der Waals surface area (Å²) in [5.74, 6) is 1.30. The van der Waals surface area contributed by atoms with Crippen LogP contribution in [0.25, 0.3) is 11.3 Å². The van der Waals surface area contributed by atoms with Crippen molar-refractivity contribution in [1.29, 1.82) is 0 Å². The van der Waals surface area contributed by atoms with Crippen LogP contribution in [0.2, 0.25) is 0 Å². The van der Waals surface area contributed by atoms with E-state index in [0.717, 1.165) is 0 Å². The van der Waals surface area contributed by atoms with Gasteiger partial charge in [-0.25, -0.2) is 0 Å². The monoisotopic (exact) mass is 264 g/mol. The van der Waals surface area contributed by atoms with Crippen molar-refractivity contribution >= 4 is 12.2 Å². The van der Waals surface area contributed by atoms with E-state index in [1.165, 1.54) is 6.07 Å². The molecule has 94 valence electrons. The van der Waals surface area contributed by atoms with Crippen molar-refractivity contribution in [2.24, 2.45) is 0 Å². The molecule has 2 N–H and O–H groups in total. The fraction of sp³-hybridized carbons (Fsp3) is 0.167. The number of aromatic amines is 2. The Morgan fingerprint density at radius 3 is 2.50 bits per heavy atom. The van der Waals surface area contributed by atoms with Crippen molar-refractivity contribution in [3.05, 3.63) is 39.4 Å². The first-order valence-corrected chi connectivity index (χ1v) is 5.61. The Morgan fingerprint density at radius 2 is 1.89 bits per heavy atom. The van der Waals surface area contributed by atoms with Gasteiger partial charge in [0.15, 0.2) is 4.77 Å². The Balaban J connectivity index is 2.67. The van der Waals surface area contributed by atoms with E-state index in [1.807, 2.05) is 0 Å². The minimum absolute atomic E-state index is 0.265. The molecule has 0 aliphatic rings. The van der Waals surface area contributed by atoms with Gasteiger partial charge >= 0.3 is 0 Å². The third kappa shape index (κ3) is 2.43. The third-order valence-electron chi connectivity index (χ3n) is 2.46. The zero-order chi connectivity index (χ0) is 13.1. The molecule has 0 fully saturated rings. The number of methoxy groups -OCH3 is 2. The first-order chi connectivity index (χ1) is 8.63. The predicted octanol–water partition coefficient (Wildman–Crippen LogP) is 2.12. The second kappa shape index (κ2) is 5.05. The SMILES string of the molecule is COc1ccc(OC)c(-c2cc(=O)[nH]c(=S)[nH]2)c1. The summed E-state index contributed by atoms with van der Waals surface area (Å²) < 4.78 is 10.7. The topological polar surface area (TPSA) is 67.1 Å². The molecule has 0 atom stereocenters. The molecule has 0 aliphatic carbocycles. The highest BCUT2D eigenvalue weighted by molar-refractivity contribution is 7.71. The molecule has 0 saturated carbocycles. The number of aromatic nitrogens is 2. The van der Waals surface area contributed by atoms with Crippen molar-refractivity contribution in [3.63, 3.8) is 0 Å². The van der Waals surface area contributed by atoms with E-state index < -0.39 is 0 Å². The van der Waals surface area contributed by atoms with Crippen molar-refractivity contribution in [1.82, 2.24) is 9.97 Å². The molecular formula is C12H12N2O3S. The quantitative estimate of drug-likeness (QED) is 0.833. The Morgan fingerprint density at radius 1 is 1.11 bits per heavy atom. The minimum Gasteiger partial charge on any atom is -0.497 e. The molecule has 5 nitrogen and oxygen atoms in total. The van der Waals surface area contributed by atoms with Crippen molar-refractivity contribution in [2.45, 2.75) is 0 Å². The highest BCUT2D eigenvalue weighted by Crippen LogP contribution is 2.31. The van der Waals surface area contributed by atoms with Gasteiger partial charge in [0.1, 0.15) is 11.5 Å². The molecule has 0 unspecified atom stereocenters. The molecule has 2 rings (SSSR count). The van der Waals surface area contributed by atoms with E-state index in [-0.39, 0.29) is 10.3 Å². The van der Waals surface area contributed by atoms with Gasteiger partial charge in [0.2, 0.25) is 0 Å². The van der Waals surface area contributed by atoms with Crippen LogP contribution in [0.5, 0.6) is 11.5 Å². The van der Waals surface area contributed by atoms with Gasteiger partial charge in [-0.05, 0) is 30.4 Å². The largest absolute Gasteiger partial charge is 0.497 e. The zero-order valence-corrected chi connectivity index (χ0v) is 10.8. The van der Waals surface area contributed by atoms with Gasteiger partial charge in [-0.1, -0.05) is 0 Å². The van der Waals surface area contributed by atoms with Gasteiger partial charge in [-0.3, -0.25) is 9.78 Å². The summed E-state index contributed by atoms with van der Waals surface area (Å²) in [6, 6.07) is 6.75. The Hall–Kier alpha value is -2.08. The molecule has 1 aromatic carbocycles. The van der Waals surface area contributed by atoms with Gasteiger partial charge < -0.3 is 14.5 Å². The van der Waals surface area contributed by atoms with Crippen LogP contribution in [0.4, 0.5) is 0 Å². The number of hydrogen-bond acceptors (Lipinski definition) is 4. The Kier molecular flexibility index (Phi) is 3.47. The summed E-state index contributed by atoms with van der Waals surface area (Å²) in [4.78, 5) is 16.8. The second-order valence-corrected chi connectivity index (χ2v) is 3.98. The van der Waals surface area contributed by atoms with E-state index >= 15 is 0 Å². The first kappa shape index (κ1) is 12.4. The molecule has 18 heavy (non-hydrogen) atoms. The van der Waals surface area contributed by atoms with Crippen LogP contribution in [-0.2, 0) is 0 Å². The average Bonchev–Trinajstić information content (AvgIpc) is 2.36. The molecule has 1 heterocycles. The maximum absolute atomic E-state index is 11.4. The van der Waals surface area contributed by atoms with Crippen LogP contribution < -0.4 is 15.0 Å². The highest BCUT2D eigenvalue weighted by atomic mass is 32.1. The Labute approximate surface area is 108 Å². The molecule has 6 heteroatoms. The van der Waals surface area contributed by atoms with Crippen LogP contribution in [0.15, 0.2) is 29.1 Å². The van der Waals surface area contributed by atoms with Crippen LogP contribution in [0.1, 0.15) is 0 Å². The summed E-state index contributed by atoms with van der Waals surface area (Å²) in [5, 5.41) is 0. The van der Waals surface area contributed by atoms with E-state index in [9.17, 15) is 4.79 Å². The first-order valence-electron chi connectivity index (χ1n) is 5.20. The van der Waals surface area contributed by atoms with Gasteiger partial charge in [-0.15, -0.1) is 0 Å². The number of H-pyrrole nitrogens is 2. The fourth-order valence-corrected chi connectivity index (χ4v) is 1.85. The van der Waals surface area contributed by atoms with Gasteiger partial charge in [-0.2, -0.15) is 0 Å². The van der Waals surface area contributed by atoms with Crippen LogP contribution in [0.3, 0.4) is 0 Å². The van der Waals surface area contributed by atoms with Crippen molar-refractivity contribution in [2.75, 3.05) is 14.2 Å². The van der Waals surface area contributed by atoms with E-state index in [1.54, 1.807) is 32.4 Å². The lowest BCUT2D eigenvalue weighted by atomic mass is 10.1. The van der Waals surface area contributed by atoms with Crippen molar-refractivity contribution < 1.29 is 9.47 Å². The third-order valence-corrected chi connectivity index (χ3v) is 2.66. The summed E-state index contributed by atoms with van der Waals surface area (Å²) in [6.07, 6.45) is 0. The minimum atomic E-state index is -0.265. The molecule has 0 amide bonds. The highest BCUT2D eigenvalue weighted by Gasteiger charge is 2.08. The van der Waals surface area contributed by atoms with E-state index in [4.69, 9.17) is 21.7 Å². The molecule has 2 aromatic rings. The van der Waals surface area contributed by atoms with Crippen LogP contribution in [0, 0.1) is 4.77 Å². The van der Waals surface area contributed by atoms with Gasteiger partial charge in [0.05, 0.1) is 19.9 Å².